The number of hydrogen-bond acceptors (Lipinski definition) is 2. The third-order valence-corrected chi connectivity index (χ3v) is 3.77. The van der Waals surface area contributed by atoms with Gasteiger partial charge < -0.3 is 5.32 Å². The van der Waals surface area contributed by atoms with Gasteiger partial charge in [0.2, 0.25) is 0 Å². The predicted molar refractivity (Wildman–Crippen MR) is 72.9 cm³/mol. The van der Waals surface area contributed by atoms with Crippen molar-refractivity contribution in [3.05, 3.63) is 51.2 Å². The molecule has 0 amide bonds. The molecule has 1 aromatic heterocycles. The van der Waals surface area contributed by atoms with Crippen molar-refractivity contribution in [2.75, 3.05) is 0 Å². The number of aromatic nitrogens is 2. The summed E-state index contributed by atoms with van der Waals surface area (Å²) in [6, 6.07) is 7.97. The first-order valence-electron chi connectivity index (χ1n) is 5.28. The molecule has 3 nitrogen and oxygen atoms in total. The number of benzene rings is 1. The Labute approximate surface area is 114 Å². The third-order valence-electron chi connectivity index (χ3n) is 2.54. The minimum Gasteiger partial charge on any atom is -0.307 e. The van der Waals surface area contributed by atoms with Crippen LogP contribution in [0.25, 0.3) is 0 Å². The van der Waals surface area contributed by atoms with Gasteiger partial charge in [-0.05, 0) is 39.7 Å². The first kappa shape index (κ1) is 12.6. The summed E-state index contributed by atoms with van der Waals surface area (Å²) in [5, 5.41) is 8.21. The standard InChI is InChI=1S/C12H13BrClN3/c1-17-10(4-5-16-17)8-15-7-9-2-3-11(13)12(14)6-9/h2-6,15H,7-8H2,1H3. The molecule has 0 bridgehead atoms. The van der Waals surface area contributed by atoms with Crippen LogP contribution in [0.4, 0.5) is 0 Å². The molecular formula is C12H13BrClN3. The maximum atomic E-state index is 6.03. The number of hydrogen-bond donors (Lipinski definition) is 1. The molecule has 0 unspecified atom stereocenters. The molecule has 0 radical (unpaired) electrons. The summed E-state index contributed by atoms with van der Waals surface area (Å²) >= 11 is 9.40. The van der Waals surface area contributed by atoms with Crippen molar-refractivity contribution in [2.45, 2.75) is 13.1 Å². The highest BCUT2D eigenvalue weighted by Crippen LogP contribution is 2.23. The van der Waals surface area contributed by atoms with E-state index in [1.165, 1.54) is 5.56 Å². The van der Waals surface area contributed by atoms with Crippen molar-refractivity contribution in [3.8, 4) is 0 Å². The maximum absolute atomic E-state index is 6.03. The Balaban J connectivity index is 1.90. The van der Waals surface area contributed by atoms with Crippen LogP contribution in [0.15, 0.2) is 34.9 Å². The van der Waals surface area contributed by atoms with E-state index in [1.54, 1.807) is 6.20 Å². The highest BCUT2D eigenvalue weighted by molar-refractivity contribution is 9.10. The topological polar surface area (TPSA) is 29.9 Å². The van der Waals surface area contributed by atoms with Gasteiger partial charge in [0.25, 0.3) is 0 Å². The second kappa shape index (κ2) is 5.67. The maximum Gasteiger partial charge on any atom is 0.0551 e. The minimum absolute atomic E-state index is 0.741. The zero-order valence-electron chi connectivity index (χ0n) is 9.45. The van der Waals surface area contributed by atoms with Crippen LogP contribution in [0, 0.1) is 0 Å². The Bertz CT molecular complexity index is 510. The predicted octanol–water partition coefficient (Wildman–Crippen LogP) is 3.13. The summed E-state index contributed by atoms with van der Waals surface area (Å²) < 4.78 is 2.79. The molecule has 17 heavy (non-hydrogen) atoms. The number of aryl methyl sites for hydroxylation is 1. The van der Waals surface area contributed by atoms with E-state index in [-0.39, 0.29) is 0 Å². The molecule has 0 aliphatic rings. The second-order valence-corrected chi connectivity index (χ2v) is 5.06. The highest BCUT2D eigenvalue weighted by atomic mass is 79.9. The lowest BCUT2D eigenvalue weighted by molar-refractivity contribution is 0.626. The van der Waals surface area contributed by atoms with Crippen LogP contribution >= 0.6 is 27.5 Å². The van der Waals surface area contributed by atoms with Gasteiger partial charge >= 0.3 is 0 Å². The van der Waals surface area contributed by atoms with Gasteiger partial charge in [0, 0.05) is 30.8 Å². The van der Waals surface area contributed by atoms with E-state index >= 15 is 0 Å². The summed E-state index contributed by atoms with van der Waals surface area (Å²) in [4.78, 5) is 0. The lowest BCUT2D eigenvalue weighted by atomic mass is 10.2. The summed E-state index contributed by atoms with van der Waals surface area (Å²) in [6.45, 7) is 1.59. The van der Waals surface area contributed by atoms with E-state index in [2.05, 4.69) is 26.3 Å². The number of rotatable bonds is 4. The van der Waals surface area contributed by atoms with Gasteiger partial charge in [0.1, 0.15) is 0 Å². The summed E-state index contributed by atoms with van der Waals surface area (Å²) in [7, 11) is 1.94. The Morgan fingerprint density at radius 1 is 1.35 bits per heavy atom. The fourth-order valence-corrected chi connectivity index (χ4v) is 2.01. The van der Waals surface area contributed by atoms with Crippen LogP contribution in [0.3, 0.4) is 0 Å². The van der Waals surface area contributed by atoms with Gasteiger partial charge in [-0.3, -0.25) is 4.68 Å². The molecule has 0 fully saturated rings. The Kier molecular flexibility index (Phi) is 4.20. The monoisotopic (exact) mass is 313 g/mol. The molecule has 0 aliphatic carbocycles. The molecule has 90 valence electrons. The van der Waals surface area contributed by atoms with Crippen LogP contribution in [0.2, 0.25) is 5.02 Å². The van der Waals surface area contributed by atoms with E-state index in [0.29, 0.717) is 0 Å². The molecule has 2 rings (SSSR count). The van der Waals surface area contributed by atoms with Gasteiger partial charge in [-0.25, -0.2) is 0 Å². The van der Waals surface area contributed by atoms with Crippen molar-refractivity contribution >= 4 is 27.5 Å². The van der Waals surface area contributed by atoms with Crippen molar-refractivity contribution < 1.29 is 0 Å². The van der Waals surface area contributed by atoms with E-state index in [4.69, 9.17) is 11.6 Å². The average molecular weight is 315 g/mol. The van der Waals surface area contributed by atoms with E-state index in [9.17, 15) is 0 Å². The first-order valence-corrected chi connectivity index (χ1v) is 6.45. The van der Waals surface area contributed by atoms with Crippen LogP contribution in [-0.4, -0.2) is 9.78 Å². The normalized spacial score (nSPS) is 10.8. The summed E-state index contributed by atoms with van der Waals surface area (Å²) in [5.74, 6) is 0. The zero-order valence-corrected chi connectivity index (χ0v) is 11.8. The molecule has 5 heteroatoms. The van der Waals surface area contributed by atoms with Crippen LogP contribution in [0.1, 0.15) is 11.3 Å². The Morgan fingerprint density at radius 3 is 2.82 bits per heavy atom. The van der Waals surface area contributed by atoms with Crippen molar-refractivity contribution in [1.29, 1.82) is 0 Å². The van der Waals surface area contributed by atoms with Gasteiger partial charge in [0.05, 0.1) is 10.7 Å². The van der Waals surface area contributed by atoms with Gasteiger partial charge in [-0.1, -0.05) is 17.7 Å². The van der Waals surface area contributed by atoms with Gasteiger partial charge in [-0.2, -0.15) is 5.10 Å². The van der Waals surface area contributed by atoms with Crippen molar-refractivity contribution in [2.24, 2.45) is 7.05 Å². The molecular weight excluding hydrogens is 302 g/mol. The van der Waals surface area contributed by atoms with Crippen LogP contribution in [-0.2, 0) is 20.1 Å². The molecule has 0 aliphatic heterocycles. The number of nitrogens with one attached hydrogen (secondary N) is 1. The SMILES string of the molecule is Cn1nccc1CNCc1ccc(Br)c(Cl)c1. The third kappa shape index (κ3) is 3.31. The second-order valence-electron chi connectivity index (χ2n) is 3.80. The molecule has 0 saturated carbocycles. The van der Waals surface area contributed by atoms with Crippen LogP contribution < -0.4 is 5.32 Å². The van der Waals surface area contributed by atoms with Gasteiger partial charge in [-0.15, -0.1) is 0 Å². The quantitative estimate of drug-likeness (QED) is 0.939. The fourth-order valence-electron chi connectivity index (χ4n) is 1.56. The molecule has 1 aromatic carbocycles. The average Bonchev–Trinajstić information content (AvgIpc) is 2.70. The molecule has 1 N–H and O–H groups in total. The molecule has 2 aromatic rings. The first-order chi connectivity index (χ1) is 8.16. The Hall–Kier alpha value is -0.840. The fraction of sp³-hybridized carbons (Fsp3) is 0.250. The summed E-state index contributed by atoms with van der Waals surface area (Å²) in [5.41, 5.74) is 2.33. The molecule has 0 atom stereocenters. The van der Waals surface area contributed by atoms with Crippen LogP contribution in [0.5, 0.6) is 0 Å². The van der Waals surface area contributed by atoms with E-state index in [1.807, 2.05) is 36.0 Å². The van der Waals surface area contributed by atoms with E-state index in [0.717, 1.165) is 28.3 Å². The zero-order chi connectivity index (χ0) is 12.3. The highest BCUT2D eigenvalue weighted by Gasteiger charge is 2.00. The lowest BCUT2D eigenvalue weighted by Gasteiger charge is -2.06. The Morgan fingerprint density at radius 2 is 2.18 bits per heavy atom. The van der Waals surface area contributed by atoms with Gasteiger partial charge in [0.15, 0.2) is 0 Å². The van der Waals surface area contributed by atoms with Crippen molar-refractivity contribution in [3.63, 3.8) is 0 Å². The molecule has 0 spiro atoms. The molecule has 0 saturated heterocycles. The lowest BCUT2D eigenvalue weighted by Crippen LogP contribution is -2.15. The molecule has 1 heterocycles. The smallest absolute Gasteiger partial charge is 0.0551 e. The number of halogens is 2. The van der Waals surface area contributed by atoms with Crippen molar-refractivity contribution in [1.82, 2.24) is 15.1 Å². The number of nitrogens with zero attached hydrogens (tertiary/aromatic N) is 2. The summed E-state index contributed by atoms with van der Waals surface area (Å²) in [6.07, 6.45) is 1.80. The largest absolute Gasteiger partial charge is 0.307 e. The van der Waals surface area contributed by atoms with E-state index < -0.39 is 0 Å². The minimum atomic E-state index is 0.741.